The third-order valence-electron chi connectivity index (χ3n) is 10.7. The lowest BCUT2D eigenvalue weighted by molar-refractivity contribution is -0.156. The summed E-state index contributed by atoms with van der Waals surface area (Å²) in [6.07, 6.45) is 10.4. The third-order valence-corrected chi connectivity index (χ3v) is 10.7. The average molecular weight is 446 g/mol. The van der Waals surface area contributed by atoms with Gasteiger partial charge in [0.05, 0.1) is 7.11 Å². The molecular weight excluding hydrogens is 402 g/mol. The van der Waals surface area contributed by atoms with Crippen LogP contribution in [0.25, 0.3) is 0 Å². The lowest BCUT2D eigenvalue weighted by atomic mass is 9.44. The number of carbonyl (C=O) groups excluding carboxylic acids is 2. The summed E-state index contributed by atoms with van der Waals surface area (Å²) in [5.41, 5.74) is 1.22. The Kier molecular flexibility index (Phi) is 6.50. The van der Waals surface area contributed by atoms with Gasteiger partial charge in [0.1, 0.15) is 6.10 Å². The largest absolute Gasteiger partial charge is 0.469 e. The molecule has 5 nitrogen and oxygen atoms in total. The van der Waals surface area contributed by atoms with Crippen LogP contribution in [0.2, 0.25) is 0 Å². The van der Waals surface area contributed by atoms with Crippen molar-refractivity contribution in [2.24, 2.45) is 46.3 Å². The Morgan fingerprint density at radius 3 is 2.56 bits per heavy atom. The molecule has 0 bridgehead atoms. The maximum Gasteiger partial charge on any atom is 0.305 e. The SMILES string of the molecule is COC(=O)CCC(C)C1CCC2C3CCC4CC(OC(C)=O)CCC4(C)C3CC(=N)C12C. The van der Waals surface area contributed by atoms with Gasteiger partial charge < -0.3 is 14.9 Å². The van der Waals surface area contributed by atoms with E-state index >= 15 is 0 Å². The van der Waals surface area contributed by atoms with E-state index in [1.807, 2.05) is 0 Å². The molecule has 0 amide bonds. The molecule has 4 aliphatic rings. The van der Waals surface area contributed by atoms with Gasteiger partial charge >= 0.3 is 11.9 Å². The Labute approximate surface area is 193 Å². The molecule has 0 radical (unpaired) electrons. The number of carbonyl (C=O) groups is 2. The molecule has 1 N–H and O–H groups in total. The molecule has 180 valence electrons. The van der Waals surface area contributed by atoms with Crippen LogP contribution in [0.3, 0.4) is 0 Å². The molecule has 0 heterocycles. The Hall–Kier alpha value is -1.39. The van der Waals surface area contributed by atoms with Gasteiger partial charge in [0.2, 0.25) is 0 Å². The van der Waals surface area contributed by atoms with Crippen LogP contribution in [0.15, 0.2) is 0 Å². The standard InChI is InChI=1S/C27H43NO4/c1-16(6-11-25(30)31-5)21-9-10-22-20-8-7-18-14-19(32-17(2)29)12-13-26(18,3)23(20)15-24(28)27(21,22)4/h16,18-23,28H,6-15H2,1-5H3. The fourth-order valence-corrected chi connectivity index (χ4v) is 8.91. The van der Waals surface area contributed by atoms with Gasteiger partial charge in [0, 0.05) is 24.5 Å². The second kappa shape index (κ2) is 8.76. The third kappa shape index (κ3) is 3.81. The highest BCUT2D eigenvalue weighted by Gasteiger charge is 2.62. The molecule has 0 aromatic carbocycles. The van der Waals surface area contributed by atoms with Gasteiger partial charge in [-0.2, -0.15) is 0 Å². The van der Waals surface area contributed by atoms with E-state index in [0.717, 1.165) is 37.8 Å². The molecule has 0 aliphatic heterocycles. The number of nitrogens with one attached hydrogen (secondary N) is 1. The second-order valence-electron chi connectivity index (χ2n) is 11.9. The Morgan fingerprint density at radius 2 is 1.88 bits per heavy atom. The predicted octanol–water partition coefficient (Wildman–Crippen LogP) is 5.80. The number of fused-ring (bicyclic) bond motifs is 5. The zero-order valence-corrected chi connectivity index (χ0v) is 20.7. The minimum absolute atomic E-state index is 0.0190. The summed E-state index contributed by atoms with van der Waals surface area (Å²) in [7, 11) is 1.47. The quantitative estimate of drug-likeness (QED) is 0.543. The fraction of sp³-hybridized carbons (Fsp3) is 0.889. The summed E-state index contributed by atoms with van der Waals surface area (Å²) in [6.45, 7) is 8.68. The molecule has 4 saturated carbocycles. The number of rotatable bonds is 5. The van der Waals surface area contributed by atoms with Crippen molar-refractivity contribution in [3.63, 3.8) is 0 Å². The van der Waals surface area contributed by atoms with Crippen molar-refractivity contribution in [3.8, 4) is 0 Å². The number of hydrogen-bond acceptors (Lipinski definition) is 5. The molecule has 4 fully saturated rings. The monoisotopic (exact) mass is 445 g/mol. The average Bonchev–Trinajstić information content (AvgIpc) is 3.11. The minimum atomic E-state index is -0.152. The maximum atomic E-state index is 11.7. The van der Waals surface area contributed by atoms with Crippen LogP contribution in [0.5, 0.6) is 0 Å². The van der Waals surface area contributed by atoms with Crippen molar-refractivity contribution in [2.75, 3.05) is 7.11 Å². The van der Waals surface area contributed by atoms with Crippen LogP contribution in [-0.4, -0.2) is 30.9 Å². The van der Waals surface area contributed by atoms with E-state index in [1.165, 1.54) is 39.7 Å². The molecule has 0 aromatic rings. The van der Waals surface area contributed by atoms with E-state index in [0.29, 0.717) is 41.9 Å². The van der Waals surface area contributed by atoms with Gasteiger partial charge in [-0.1, -0.05) is 20.8 Å². The Morgan fingerprint density at radius 1 is 1.12 bits per heavy atom. The Bertz CT molecular complexity index is 765. The molecule has 9 unspecified atom stereocenters. The topological polar surface area (TPSA) is 76.5 Å². The summed E-state index contributed by atoms with van der Waals surface area (Å²) in [4.78, 5) is 23.2. The first-order valence-corrected chi connectivity index (χ1v) is 12.9. The van der Waals surface area contributed by atoms with Gasteiger partial charge in [-0.05, 0) is 98.7 Å². The zero-order valence-electron chi connectivity index (χ0n) is 20.7. The molecule has 0 spiro atoms. The highest BCUT2D eigenvalue weighted by atomic mass is 16.5. The lowest BCUT2D eigenvalue weighted by Gasteiger charge is -2.61. The van der Waals surface area contributed by atoms with Crippen molar-refractivity contribution in [2.45, 2.75) is 98.0 Å². The first-order valence-electron chi connectivity index (χ1n) is 12.9. The van der Waals surface area contributed by atoms with Crippen LogP contribution >= 0.6 is 0 Å². The molecule has 0 saturated heterocycles. The lowest BCUT2D eigenvalue weighted by Crippen LogP contribution is -2.57. The highest BCUT2D eigenvalue weighted by molar-refractivity contribution is 5.89. The fourth-order valence-electron chi connectivity index (χ4n) is 8.91. The summed E-state index contributed by atoms with van der Waals surface area (Å²) in [5, 5.41) is 9.28. The molecule has 9 atom stereocenters. The van der Waals surface area contributed by atoms with Crippen molar-refractivity contribution in [3.05, 3.63) is 0 Å². The first kappa shape index (κ1) is 23.8. The van der Waals surface area contributed by atoms with Crippen molar-refractivity contribution < 1.29 is 19.1 Å². The van der Waals surface area contributed by atoms with Crippen LogP contribution in [0, 0.1) is 51.7 Å². The van der Waals surface area contributed by atoms with E-state index in [4.69, 9.17) is 9.47 Å². The van der Waals surface area contributed by atoms with E-state index in [1.54, 1.807) is 0 Å². The van der Waals surface area contributed by atoms with Crippen molar-refractivity contribution in [1.82, 2.24) is 0 Å². The molecule has 4 rings (SSSR count). The van der Waals surface area contributed by atoms with Crippen LogP contribution in [-0.2, 0) is 19.1 Å². The predicted molar refractivity (Wildman–Crippen MR) is 124 cm³/mol. The van der Waals surface area contributed by atoms with Crippen LogP contribution in [0.4, 0.5) is 0 Å². The number of hydrogen-bond donors (Lipinski definition) is 1. The van der Waals surface area contributed by atoms with Crippen LogP contribution < -0.4 is 0 Å². The summed E-state index contributed by atoms with van der Waals surface area (Å²) < 4.78 is 10.5. The second-order valence-corrected chi connectivity index (χ2v) is 11.9. The van der Waals surface area contributed by atoms with E-state index in [-0.39, 0.29) is 28.9 Å². The summed E-state index contributed by atoms with van der Waals surface area (Å²) >= 11 is 0. The van der Waals surface area contributed by atoms with Gasteiger partial charge in [-0.25, -0.2) is 0 Å². The van der Waals surface area contributed by atoms with E-state index in [2.05, 4.69) is 20.8 Å². The van der Waals surface area contributed by atoms with E-state index < -0.39 is 0 Å². The first-order chi connectivity index (χ1) is 15.1. The molecule has 32 heavy (non-hydrogen) atoms. The highest BCUT2D eigenvalue weighted by Crippen LogP contribution is 2.67. The van der Waals surface area contributed by atoms with Crippen molar-refractivity contribution >= 4 is 17.7 Å². The smallest absolute Gasteiger partial charge is 0.305 e. The number of methoxy groups -OCH3 is 1. The molecule has 5 heteroatoms. The molecular formula is C27H43NO4. The van der Waals surface area contributed by atoms with Gasteiger partial charge in [0.15, 0.2) is 0 Å². The molecule has 4 aliphatic carbocycles. The van der Waals surface area contributed by atoms with Gasteiger partial charge in [-0.15, -0.1) is 0 Å². The zero-order chi connectivity index (χ0) is 23.3. The van der Waals surface area contributed by atoms with Crippen LogP contribution in [0.1, 0.15) is 91.9 Å². The maximum absolute atomic E-state index is 11.7. The summed E-state index contributed by atoms with van der Waals surface area (Å²) in [6, 6.07) is 0. The number of esters is 2. The number of ether oxygens (including phenoxy) is 2. The summed E-state index contributed by atoms with van der Waals surface area (Å²) in [5.74, 6) is 3.17. The van der Waals surface area contributed by atoms with Gasteiger partial charge in [0.25, 0.3) is 0 Å². The minimum Gasteiger partial charge on any atom is -0.469 e. The molecule has 0 aromatic heterocycles. The Balaban J connectivity index is 1.50. The normalized spacial score (nSPS) is 44.1. The van der Waals surface area contributed by atoms with Crippen molar-refractivity contribution in [1.29, 1.82) is 5.41 Å². The van der Waals surface area contributed by atoms with E-state index in [9.17, 15) is 15.0 Å². The van der Waals surface area contributed by atoms with Gasteiger partial charge in [-0.3, -0.25) is 9.59 Å².